The molecule has 1 atom stereocenters. The predicted octanol–water partition coefficient (Wildman–Crippen LogP) is 4.05. The summed E-state index contributed by atoms with van der Waals surface area (Å²) in [6.07, 6.45) is 5.27. The number of benzene rings is 1. The highest BCUT2D eigenvalue weighted by molar-refractivity contribution is 7.99. The van der Waals surface area contributed by atoms with Gasteiger partial charge in [-0.15, -0.1) is 0 Å². The van der Waals surface area contributed by atoms with Crippen LogP contribution in [0.4, 0.5) is 0 Å². The number of carbonyl (C=O) groups excluding carboxylic acids is 1. The summed E-state index contributed by atoms with van der Waals surface area (Å²) in [5.74, 6) is 0.992. The summed E-state index contributed by atoms with van der Waals surface area (Å²) in [5, 5.41) is 3.73. The number of nitrogens with one attached hydrogen (secondary N) is 1. The topological polar surface area (TPSA) is 60.1 Å². The Bertz CT molecular complexity index is 835. The number of hydrogen-bond donors (Lipinski definition) is 1. The Labute approximate surface area is 151 Å². The second kappa shape index (κ2) is 7.61. The van der Waals surface area contributed by atoms with E-state index in [1.165, 1.54) is 22.9 Å². The molecule has 25 heavy (non-hydrogen) atoms. The SMILES string of the molecule is Cc1cc(C)cc(-n2ccnc2SCC(=O)NC(C)c2ccco2)c1. The predicted molar refractivity (Wildman–Crippen MR) is 99.0 cm³/mol. The van der Waals surface area contributed by atoms with Crippen LogP contribution in [0, 0.1) is 13.8 Å². The van der Waals surface area contributed by atoms with Gasteiger partial charge in [-0.2, -0.15) is 0 Å². The first kappa shape index (κ1) is 17.4. The lowest BCUT2D eigenvalue weighted by Crippen LogP contribution is -2.28. The second-order valence-corrected chi connectivity index (χ2v) is 6.96. The molecule has 2 aromatic heterocycles. The highest BCUT2D eigenvalue weighted by atomic mass is 32.2. The molecule has 130 valence electrons. The Morgan fingerprint density at radius 2 is 2.08 bits per heavy atom. The molecule has 0 aliphatic rings. The molecule has 0 spiro atoms. The molecule has 0 radical (unpaired) electrons. The van der Waals surface area contributed by atoms with Crippen molar-refractivity contribution in [2.45, 2.75) is 32.0 Å². The van der Waals surface area contributed by atoms with E-state index in [0.717, 1.165) is 16.6 Å². The number of imidazole rings is 1. The Balaban J connectivity index is 1.64. The van der Waals surface area contributed by atoms with Gasteiger partial charge in [0.2, 0.25) is 5.91 Å². The Kier molecular flexibility index (Phi) is 5.28. The molecule has 0 bridgehead atoms. The van der Waals surface area contributed by atoms with Gasteiger partial charge >= 0.3 is 0 Å². The Morgan fingerprint density at radius 3 is 2.76 bits per heavy atom. The third-order valence-corrected chi connectivity index (χ3v) is 4.74. The molecule has 5 nitrogen and oxygen atoms in total. The van der Waals surface area contributed by atoms with Crippen LogP contribution in [0.5, 0.6) is 0 Å². The number of hydrogen-bond acceptors (Lipinski definition) is 4. The summed E-state index contributed by atoms with van der Waals surface area (Å²) in [6.45, 7) is 6.05. The van der Waals surface area contributed by atoms with Crippen molar-refractivity contribution in [3.8, 4) is 5.69 Å². The number of carbonyl (C=O) groups is 1. The number of nitrogens with zero attached hydrogens (tertiary/aromatic N) is 2. The minimum Gasteiger partial charge on any atom is -0.467 e. The first-order chi connectivity index (χ1) is 12.0. The zero-order valence-electron chi connectivity index (χ0n) is 14.5. The van der Waals surface area contributed by atoms with Crippen LogP contribution in [0.25, 0.3) is 5.69 Å². The average molecular weight is 355 g/mol. The van der Waals surface area contributed by atoms with E-state index in [4.69, 9.17) is 4.42 Å². The van der Waals surface area contributed by atoms with Crippen molar-refractivity contribution in [2.24, 2.45) is 0 Å². The number of aromatic nitrogens is 2. The van der Waals surface area contributed by atoms with E-state index < -0.39 is 0 Å². The lowest BCUT2D eigenvalue weighted by atomic mass is 10.1. The summed E-state index contributed by atoms with van der Waals surface area (Å²) in [4.78, 5) is 16.6. The maximum absolute atomic E-state index is 12.2. The van der Waals surface area contributed by atoms with Crippen LogP contribution in [0.15, 0.2) is 58.6 Å². The van der Waals surface area contributed by atoms with E-state index in [0.29, 0.717) is 5.75 Å². The maximum Gasteiger partial charge on any atom is 0.231 e. The quantitative estimate of drug-likeness (QED) is 0.678. The summed E-state index contributed by atoms with van der Waals surface area (Å²) in [5.41, 5.74) is 3.45. The summed E-state index contributed by atoms with van der Waals surface area (Å²) in [7, 11) is 0. The van der Waals surface area contributed by atoms with Crippen LogP contribution in [0.1, 0.15) is 29.9 Å². The van der Waals surface area contributed by atoms with Crippen LogP contribution in [-0.4, -0.2) is 21.2 Å². The van der Waals surface area contributed by atoms with Gasteiger partial charge in [0.05, 0.1) is 18.1 Å². The molecule has 6 heteroatoms. The molecule has 0 fully saturated rings. The molecular formula is C19H21N3O2S. The maximum atomic E-state index is 12.2. The molecule has 2 heterocycles. The number of thioether (sulfide) groups is 1. The van der Waals surface area contributed by atoms with Crippen molar-refractivity contribution >= 4 is 17.7 Å². The Morgan fingerprint density at radius 1 is 1.32 bits per heavy atom. The van der Waals surface area contributed by atoms with E-state index in [9.17, 15) is 4.79 Å². The van der Waals surface area contributed by atoms with Gasteiger partial charge in [0, 0.05) is 18.1 Å². The normalized spacial score (nSPS) is 12.1. The second-order valence-electron chi connectivity index (χ2n) is 6.02. The molecule has 1 unspecified atom stereocenters. The van der Waals surface area contributed by atoms with Crippen LogP contribution >= 0.6 is 11.8 Å². The fourth-order valence-corrected chi connectivity index (χ4v) is 3.49. The summed E-state index contributed by atoms with van der Waals surface area (Å²) in [6, 6.07) is 9.87. The molecule has 1 N–H and O–H groups in total. The van der Waals surface area contributed by atoms with E-state index >= 15 is 0 Å². The lowest BCUT2D eigenvalue weighted by Gasteiger charge is -2.12. The summed E-state index contributed by atoms with van der Waals surface area (Å²) >= 11 is 1.42. The fourth-order valence-electron chi connectivity index (χ4n) is 2.70. The van der Waals surface area contributed by atoms with E-state index in [1.54, 1.807) is 12.5 Å². The van der Waals surface area contributed by atoms with E-state index in [2.05, 4.69) is 42.3 Å². The molecule has 0 saturated heterocycles. The van der Waals surface area contributed by atoms with Crippen molar-refractivity contribution < 1.29 is 9.21 Å². The van der Waals surface area contributed by atoms with Crippen molar-refractivity contribution in [1.82, 2.24) is 14.9 Å². The molecule has 3 aromatic rings. The van der Waals surface area contributed by atoms with Crippen LogP contribution in [0.2, 0.25) is 0 Å². The van der Waals surface area contributed by atoms with Crippen molar-refractivity contribution in [1.29, 1.82) is 0 Å². The Hall–Kier alpha value is -2.47. The highest BCUT2D eigenvalue weighted by Gasteiger charge is 2.14. The van der Waals surface area contributed by atoms with Crippen LogP contribution in [-0.2, 0) is 4.79 Å². The van der Waals surface area contributed by atoms with Crippen molar-refractivity contribution in [3.63, 3.8) is 0 Å². The highest BCUT2D eigenvalue weighted by Crippen LogP contribution is 2.22. The molecule has 0 aliphatic carbocycles. The standard InChI is InChI=1S/C19H21N3O2S/c1-13-9-14(2)11-16(10-13)22-7-6-20-19(22)25-12-18(23)21-15(3)17-5-4-8-24-17/h4-11,15H,12H2,1-3H3,(H,21,23). The van der Waals surface area contributed by atoms with Gasteiger partial charge in [-0.1, -0.05) is 17.8 Å². The fraction of sp³-hybridized carbons (Fsp3) is 0.263. The number of aryl methyl sites for hydroxylation is 2. The van der Waals surface area contributed by atoms with Crippen LogP contribution < -0.4 is 5.32 Å². The molecule has 0 saturated carbocycles. The lowest BCUT2D eigenvalue weighted by molar-refractivity contribution is -0.119. The zero-order valence-corrected chi connectivity index (χ0v) is 15.3. The molecule has 1 amide bonds. The molecular weight excluding hydrogens is 334 g/mol. The average Bonchev–Trinajstić information content (AvgIpc) is 3.23. The van der Waals surface area contributed by atoms with Gasteiger partial charge in [-0.05, 0) is 56.2 Å². The third-order valence-electron chi connectivity index (χ3n) is 3.77. The monoisotopic (exact) mass is 355 g/mol. The van der Waals surface area contributed by atoms with Gasteiger partial charge in [0.1, 0.15) is 5.76 Å². The van der Waals surface area contributed by atoms with E-state index in [-0.39, 0.29) is 11.9 Å². The molecule has 3 rings (SSSR count). The molecule has 0 aliphatic heterocycles. The summed E-state index contributed by atoms with van der Waals surface area (Å²) < 4.78 is 7.32. The van der Waals surface area contributed by atoms with Crippen LogP contribution in [0.3, 0.4) is 0 Å². The van der Waals surface area contributed by atoms with Crippen molar-refractivity contribution in [3.05, 3.63) is 65.9 Å². The smallest absolute Gasteiger partial charge is 0.231 e. The van der Waals surface area contributed by atoms with Gasteiger partial charge in [0.25, 0.3) is 0 Å². The molecule has 1 aromatic carbocycles. The van der Waals surface area contributed by atoms with Gasteiger partial charge in [-0.25, -0.2) is 4.98 Å². The minimum atomic E-state index is -0.151. The largest absolute Gasteiger partial charge is 0.467 e. The minimum absolute atomic E-state index is 0.0520. The van der Waals surface area contributed by atoms with Crippen molar-refractivity contribution in [2.75, 3.05) is 5.75 Å². The number of rotatable bonds is 6. The third kappa shape index (κ3) is 4.33. The number of amides is 1. The van der Waals surface area contributed by atoms with Gasteiger partial charge in [-0.3, -0.25) is 9.36 Å². The van der Waals surface area contributed by atoms with Gasteiger partial charge < -0.3 is 9.73 Å². The zero-order chi connectivity index (χ0) is 17.8. The first-order valence-corrected chi connectivity index (χ1v) is 9.09. The number of furan rings is 1. The first-order valence-electron chi connectivity index (χ1n) is 8.10. The van der Waals surface area contributed by atoms with E-state index in [1.807, 2.05) is 29.8 Å². The van der Waals surface area contributed by atoms with Gasteiger partial charge in [0.15, 0.2) is 5.16 Å².